The summed E-state index contributed by atoms with van der Waals surface area (Å²) < 4.78 is 29.9. The van der Waals surface area contributed by atoms with Gasteiger partial charge in [0.2, 0.25) is 0 Å². The van der Waals surface area contributed by atoms with Gasteiger partial charge in [-0.1, -0.05) is 62.6 Å². The van der Waals surface area contributed by atoms with Gasteiger partial charge < -0.3 is 5.11 Å². The monoisotopic (exact) mass is 438 g/mol. The van der Waals surface area contributed by atoms with Crippen LogP contribution in [-0.2, 0) is 12.8 Å². The van der Waals surface area contributed by atoms with E-state index in [0.717, 1.165) is 12.5 Å². The average molecular weight is 439 g/mol. The molecule has 1 unspecified atom stereocenters. The van der Waals surface area contributed by atoms with Crippen LogP contribution in [0.5, 0.6) is 5.75 Å². The van der Waals surface area contributed by atoms with Crippen LogP contribution in [0.2, 0.25) is 0 Å². The largest absolute Gasteiger partial charge is 0.504 e. The van der Waals surface area contributed by atoms with Crippen molar-refractivity contribution in [3.63, 3.8) is 0 Å². The summed E-state index contributed by atoms with van der Waals surface area (Å²) in [6.45, 7) is 1.06. The van der Waals surface area contributed by atoms with Gasteiger partial charge in [-0.2, -0.15) is 0 Å². The SMILES string of the molecule is CCc1c(CCC2CCC2)nc(-c2cccc(F)c2O)n(C(CF)c2ccccc2)c1=O. The topological polar surface area (TPSA) is 55.1 Å². The summed E-state index contributed by atoms with van der Waals surface area (Å²) in [4.78, 5) is 18.5. The minimum Gasteiger partial charge on any atom is -0.504 e. The number of aryl methyl sites for hydroxylation is 1. The maximum absolute atomic E-state index is 14.4. The summed E-state index contributed by atoms with van der Waals surface area (Å²) in [7, 11) is 0. The van der Waals surface area contributed by atoms with Crippen LogP contribution >= 0.6 is 0 Å². The van der Waals surface area contributed by atoms with E-state index in [4.69, 9.17) is 4.98 Å². The zero-order valence-electron chi connectivity index (χ0n) is 18.2. The van der Waals surface area contributed by atoms with Crippen molar-refractivity contribution >= 4 is 0 Å². The highest BCUT2D eigenvalue weighted by Crippen LogP contribution is 2.34. The third kappa shape index (κ3) is 4.18. The van der Waals surface area contributed by atoms with E-state index in [9.17, 15) is 18.7 Å². The van der Waals surface area contributed by atoms with Crippen molar-refractivity contribution in [2.24, 2.45) is 5.92 Å². The van der Waals surface area contributed by atoms with Gasteiger partial charge in [0.25, 0.3) is 5.56 Å². The fraction of sp³-hybridized carbons (Fsp3) is 0.385. The Morgan fingerprint density at radius 3 is 2.53 bits per heavy atom. The molecule has 168 valence electrons. The molecule has 0 saturated heterocycles. The van der Waals surface area contributed by atoms with Gasteiger partial charge in [-0.15, -0.1) is 0 Å². The van der Waals surface area contributed by atoms with Gasteiger partial charge in [-0.05, 0) is 42.9 Å². The second-order valence-corrected chi connectivity index (χ2v) is 8.44. The molecule has 1 atom stereocenters. The smallest absolute Gasteiger partial charge is 0.257 e. The van der Waals surface area contributed by atoms with Crippen LogP contribution in [0.4, 0.5) is 8.78 Å². The van der Waals surface area contributed by atoms with Gasteiger partial charge >= 0.3 is 0 Å². The van der Waals surface area contributed by atoms with Gasteiger partial charge in [0.05, 0.1) is 17.3 Å². The van der Waals surface area contributed by atoms with E-state index in [1.54, 1.807) is 24.3 Å². The normalized spacial score (nSPS) is 14.8. The standard InChI is InChI=1S/C26H28F2N2O2/c1-2-19-22(15-14-17-8-6-9-17)29-25(20-12-7-13-21(28)24(20)31)30(26(19)32)23(16-27)18-10-4-3-5-11-18/h3-5,7,10-13,17,23,31H,2,6,8-9,14-16H2,1H3. The number of halogens is 2. The van der Waals surface area contributed by atoms with Crippen molar-refractivity contribution in [2.45, 2.75) is 51.5 Å². The molecule has 0 spiro atoms. The van der Waals surface area contributed by atoms with Crippen molar-refractivity contribution in [3.8, 4) is 17.1 Å². The lowest BCUT2D eigenvalue weighted by Gasteiger charge is -2.26. The molecule has 0 aliphatic heterocycles. The van der Waals surface area contributed by atoms with Crippen LogP contribution in [0.15, 0.2) is 53.3 Å². The van der Waals surface area contributed by atoms with Crippen molar-refractivity contribution in [1.29, 1.82) is 0 Å². The van der Waals surface area contributed by atoms with E-state index in [1.165, 1.54) is 36.0 Å². The van der Waals surface area contributed by atoms with Crippen LogP contribution < -0.4 is 5.56 Å². The molecule has 1 aliphatic carbocycles. The van der Waals surface area contributed by atoms with E-state index in [2.05, 4.69) is 0 Å². The highest BCUT2D eigenvalue weighted by molar-refractivity contribution is 5.65. The Bertz CT molecular complexity index is 1140. The lowest BCUT2D eigenvalue weighted by molar-refractivity contribution is 0.295. The Kier molecular flexibility index (Phi) is 6.68. The first-order valence-corrected chi connectivity index (χ1v) is 11.3. The van der Waals surface area contributed by atoms with Crippen molar-refractivity contribution in [1.82, 2.24) is 9.55 Å². The molecule has 3 aromatic rings. The van der Waals surface area contributed by atoms with Crippen LogP contribution in [-0.4, -0.2) is 21.3 Å². The van der Waals surface area contributed by atoms with Gasteiger partial charge in [-0.25, -0.2) is 13.8 Å². The Balaban J connectivity index is 1.93. The first-order valence-electron chi connectivity index (χ1n) is 11.3. The molecule has 0 bridgehead atoms. The lowest BCUT2D eigenvalue weighted by atomic mass is 9.81. The molecule has 32 heavy (non-hydrogen) atoms. The summed E-state index contributed by atoms with van der Waals surface area (Å²) in [6.07, 6.45) is 5.65. The number of aromatic hydroxyl groups is 1. The zero-order valence-corrected chi connectivity index (χ0v) is 18.2. The maximum Gasteiger partial charge on any atom is 0.257 e. The molecule has 0 amide bonds. The fourth-order valence-corrected chi connectivity index (χ4v) is 4.46. The van der Waals surface area contributed by atoms with E-state index >= 15 is 0 Å². The number of nitrogens with zero attached hydrogens (tertiary/aromatic N) is 2. The molecule has 2 aromatic carbocycles. The number of phenolic OH excluding ortho intramolecular Hbond substituents is 1. The number of rotatable bonds is 8. The van der Waals surface area contributed by atoms with E-state index < -0.39 is 24.3 Å². The van der Waals surface area contributed by atoms with Crippen LogP contribution in [0.25, 0.3) is 11.4 Å². The molecule has 1 aromatic heterocycles. The number of hydrogen-bond acceptors (Lipinski definition) is 3. The van der Waals surface area contributed by atoms with Crippen molar-refractivity contribution in [3.05, 3.63) is 81.5 Å². The van der Waals surface area contributed by atoms with Gasteiger partial charge in [-0.3, -0.25) is 9.36 Å². The molecule has 4 rings (SSSR count). The second kappa shape index (κ2) is 9.63. The van der Waals surface area contributed by atoms with E-state index in [-0.39, 0.29) is 16.9 Å². The maximum atomic E-state index is 14.4. The highest BCUT2D eigenvalue weighted by atomic mass is 19.1. The van der Waals surface area contributed by atoms with Crippen molar-refractivity contribution < 1.29 is 13.9 Å². The molecule has 6 heteroatoms. The molecule has 0 radical (unpaired) electrons. The Hall–Kier alpha value is -3.02. The first kappa shape index (κ1) is 22.2. The predicted molar refractivity (Wildman–Crippen MR) is 121 cm³/mol. The Morgan fingerprint density at radius 1 is 1.16 bits per heavy atom. The zero-order chi connectivity index (χ0) is 22.7. The highest BCUT2D eigenvalue weighted by Gasteiger charge is 2.26. The number of benzene rings is 2. The first-order chi connectivity index (χ1) is 15.5. The molecule has 1 aliphatic rings. The summed E-state index contributed by atoms with van der Waals surface area (Å²) in [6, 6.07) is 12.1. The van der Waals surface area contributed by atoms with Crippen LogP contribution in [0, 0.1) is 11.7 Å². The summed E-state index contributed by atoms with van der Waals surface area (Å²) >= 11 is 0. The molecular weight excluding hydrogens is 410 g/mol. The molecule has 1 heterocycles. The Morgan fingerprint density at radius 2 is 1.91 bits per heavy atom. The Labute approximate surface area is 186 Å². The van der Waals surface area contributed by atoms with E-state index in [1.807, 2.05) is 13.0 Å². The second-order valence-electron chi connectivity index (χ2n) is 8.44. The number of alkyl halides is 1. The van der Waals surface area contributed by atoms with E-state index in [0.29, 0.717) is 35.6 Å². The predicted octanol–water partition coefficient (Wildman–Crippen LogP) is 5.61. The van der Waals surface area contributed by atoms with Crippen LogP contribution in [0.3, 0.4) is 0 Å². The van der Waals surface area contributed by atoms with Crippen molar-refractivity contribution in [2.75, 3.05) is 6.67 Å². The van der Waals surface area contributed by atoms with Crippen LogP contribution in [0.1, 0.15) is 55.5 Å². The van der Waals surface area contributed by atoms with Gasteiger partial charge in [0, 0.05) is 5.56 Å². The molecule has 4 nitrogen and oxygen atoms in total. The molecular formula is C26H28F2N2O2. The molecule has 1 N–H and O–H groups in total. The summed E-state index contributed by atoms with van der Waals surface area (Å²) in [5, 5.41) is 10.4. The third-order valence-electron chi connectivity index (χ3n) is 6.53. The minimum atomic E-state index is -0.931. The van der Waals surface area contributed by atoms with Gasteiger partial charge in [0.15, 0.2) is 11.6 Å². The average Bonchev–Trinajstić information content (AvgIpc) is 2.77. The summed E-state index contributed by atoms with van der Waals surface area (Å²) in [5.74, 6) is -0.666. The molecule has 1 fully saturated rings. The minimum absolute atomic E-state index is 0.0871. The molecule has 1 saturated carbocycles. The lowest BCUT2D eigenvalue weighted by Crippen LogP contribution is -2.33. The number of hydrogen-bond donors (Lipinski definition) is 1. The van der Waals surface area contributed by atoms with Gasteiger partial charge in [0.1, 0.15) is 12.5 Å². The quantitative estimate of drug-likeness (QED) is 0.497. The number of aromatic nitrogens is 2. The summed E-state index contributed by atoms with van der Waals surface area (Å²) in [5.41, 5.74) is 1.57. The number of phenols is 1. The third-order valence-corrected chi connectivity index (χ3v) is 6.53. The number of para-hydroxylation sites is 1. The fourth-order valence-electron chi connectivity index (χ4n) is 4.46.